The number of likely N-dealkylation sites (tertiary alicyclic amines) is 1. The molecule has 4 fully saturated rings. The van der Waals surface area contributed by atoms with E-state index in [0.717, 1.165) is 64.1 Å². The topological polar surface area (TPSA) is 131 Å². The van der Waals surface area contributed by atoms with Crippen LogP contribution in [-0.2, 0) is 14.3 Å². The van der Waals surface area contributed by atoms with Gasteiger partial charge in [0.2, 0.25) is 5.91 Å². The van der Waals surface area contributed by atoms with Crippen molar-refractivity contribution in [1.29, 1.82) is 0 Å². The van der Waals surface area contributed by atoms with Gasteiger partial charge in [0.25, 0.3) is 5.91 Å². The molecule has 1 saturated carbocycles. The molecule has 204 valence electrons. The lowest BCUT2D eigenvalue weighted by molar-refractivity contribution is -0.143. The minimum Gasteiger partial charge on any atom is -0.369 e. The molecular formula is C27H37N7O4. The van der Waals surface area contributed by atoms with Gasteiger partial charge in [0.15, 0.2) is 5.78 Å². The van der Waals surface area contributed by atoms with E-state index in [4.69, 9.17) is 10.3 Å². The van der Waals surface area contributed by atoms with Crippen molar-refractivity contribution >= 4 is 23.3 Å². The van der Waals surface area contributed by atoms with Crippen molar-refractivity contribution in [3.8, 4) is 0 Å². The monoisotopic (exact) mass is 523 g/mol. The van der Waals surface area contributed by atoms with E-state index in [1.807, 2.05) is 24.3 Å². The molecule has 1 N–H and O–H groups in total. The van der Waals surface area contributed by atoms with Crippen LogP contribution in [0.5, 0.6) is 0 Å². The molecule has 1 aliphatic carbocycles. The number of piperazine rings is 1. The molecule has 1 aromatic carbocycles. The summed E-state index contributed by atoms with van der Waals surface area (Å²) < 4.78 is 5.58. The van der Waals surface area contributed by atoms with Gasteiger partial charge in [-0.3, -0.25) is 19.3 Å². The Morgan fingerprint density at radius 1 is 1.13 bits per heavy atom. The fourth-order valence-electron chi connectivity index (χ4n) is 6.49. The van der Waals surface area contributed by atoms with E-state index in [0.29, 0.717) is 18.4 Å². The Morgan fingerprint density at radius 3 is 2.50 bits per heavy atom. The fourth-order valence-corrected chi connectivity index (χ4v) is 6.49. The zero-order chi connectivity index (χ0) is 26.7. The summed E-state index contributed by atoms with van der Waals surface area (Å²) in [7, 11) is 0. The Morgan fingerprint density at radius 2 is 1.84 bits per heavy atom. The van der Waals surface area contributed by atoms with Crippen molar-refractivity contribution in [1.82, 2.24) is 15.1 Å². The lowest BCUT2D eigenvalue weighted by Gasteiger charge is -2.40. The molecule has 11 heteroatoms. The van der Waals surface area contributed by atoms with Crippen molar-refractivity contribution < 1.29 is 19.1 Å². The van der Waals surface area contributed by atoms with Crippen LogP contribution < -0.4 is 10.2 Å². The summed E-state index contributed by atoms with van der Waals surface area (Å²) in [6.07, 6.45) is 4.14. The van der Waals surface area contributed by atoms with Crippen molar-refractivity contribution in [2.75, 3.05) is 50.8 Å². The highest BCUT2D eigenvalue weighted by Gasteiger charge is 2.56. The minimum atomic E-state index is -1.09. The van der Waals surface area contributed by atoms with Gasteiger partial charge in [-0.2, -0.15) is 0 Å². The van der Waals surface area contributed by atoms with Gasteiger partial charge in [-0.05, 0) is 55.6 Å². The number of hydrogen-bond donors (Lipinski definition) is 1. The molecule has 5 rings (SSSR count). The maximum absolute atomic E-state index is 14.0. The maximum Gasteiger partial charge on any atom is 0.252 e. The highest BCUT2D eigenvalue weighted by Crippen LogP contribution is 2.36. The molecule has 0 radical (unpaired) electrons. The Balaban J connectivity index is 1.30. The number of carbonyl (C=O) groups is 3. The molecule has 38 heavy (non-hydrogen) atoms. The summed E-state index contributed by atoms with van der Waals surface area (Å²) in [5, 5.41) is 6.87. The molecule has 3 atom stereocenters. The van der Waals surface area contributed by atoms with E-state index < -0.39 is 23.7 Å². The number of benzene rings is 1. The fraction of sp³-hybridized carbons (Fsp3) is 0.667. The molecule has 11 nitrogen and oxygen atoms in total. The molecule has 2 amide bonds. The van der Waals surface area contributed by atoms with Gasteiger partial charge in [-0.1, -0.05) is 31.3 Å². The van der Waals surface area contributed by atoms with Crippen LogP contribution in [0.25, 0.3) is 10.4 Å². The zero-order valence-corrected chi connectivity index (χ0v) is 22.1. The van der Waals surface area contributed by atoms with Gasteiger partial charge in [0.05, 0.1) is 12.1 Å². The summed E-state index contributed by atoms with van der Waals surface area (Å²) in [5.74, 6) is -0.769. The second kappa shape index (κ2) is 11.3. The first-order valence-electron chi connectivity index (χ1n) is 13.9. The third-order valence-corrected chi connectivity index (χ3v) is 8.49. The highest BCUT2D eigenvalue weighted by molar-refractivity contribution is 6.01. The number of fused-ring (bicyclic) bond motifs is 1. The second-order valence-electron chi connectivity index (χ2n) is 10.9. The first-order valence-corrected chi connectivity index (χ1v) is 13.9. The first kappa shape index (κ1) is 26.5. The lowest BCUT2D eigenvalue weighted by Crippen LogP contribution is -2.62. The Bertz CT molecular complexity index is 1090. The van der Waals surface area contributed by atoms with Gasteiger partial charge in [-0.25, -0.2) is 0 Å². The number of rotatable bonds is 7. The molecule has 3 heterocycles. The number of hydrogen-bond acceptors (Lipinski definition) is 7. The molecule has 1 aromatic rings. The second-order valence-corrected chi connectivity index (χ2v) is 10.9. The lowest BCUT2D eigenvalue weighted by atomic mass is 9.80. The quantitative estimate of drug-likeness (QED) is 0.332. The van der Waals surface area contributed by atoms with Gasteiger partial charge >= 0.3 is 0 Å². The first-order chi connectivity index (χ1) is 18.5. The van der Waals surface area contributed by atoms with E-state index in [1.54, 1.807) is 0 Å². The SMILES string of the molecule is CCCN1CCN(c2ccc(C(=O)NC3(C(=O)N4C[C@H](N=[N+]=[N-])[C@H]5OCC(=O)[C@H]54)CCCCC3)cc2)CC1. The van der Waals surface area contributed by atoms with Crippen LogP contribution >= 0.6 is 0 Å². The molecule has 4 aliphatic rings. The third-order valence-electron chi connectivity index (χ3n) is 8.49. The summed E-state index contributed by atoms with van der Waals surface area (Å²) in [5.41, 5.74) is 9.47. The number of ketones is 1. The summed E-state index contributed by atoms with van der Waals surface area (Å²) in [4.78, 5) is 49.3. The molecule has 3 saturated heterocycles. The number of azide groups is 1. The number of ether oxygens (including phenoxy) is 1. The van der Waals surface area contributed by atoms with E-state index in [-0.39, 0.29) is 30.7 Å². The summed E-state index contributed by atoms with van der Waals surface area (Å²) >= 11 is 0. The van der Waals surface area contributed by atoms with Crippen LogP contribution in [0.2, 0.25) is 0 Å². The number of amides is 2. The molecule has 0 unspecified atom stereocenters. The molecule has 3 aliphatic heterocycles. The largest absolute Gasteiger partial charge is 0.369 e. The van der Waals surface area contributed by atoms with E-state index >= 15 is 0 Å². The van der Waals surface area contributed by atoms with E-state index in [9.17, 15) is 14.4 Å². The summed E-state index contributed by atoms with van der Waals surface area (Å²) in [6.45, 7) is 7.32. The normalized spacial score (nSPS) is 27.1. The van der Waals surface area contributed by atoms with Crippen LogP contribution in [0.4, 0.5) is 5.69 Å². The van der Waals surface area contributed by atoms with Crippen LogP contribution in [-0.4, -0.2) is 97.0 Å². The van der Waals surface area contributed by atoms with Crippen LogP contribution in [0.3, 0.4) is 0 Å². The predicted molar refractivity (Wildman–Crippen MR) is 142 cm³/mol. The molecule has 0 bridgehead atoms. The van der Waals surface area contributed by atoms with Crippen molar-refractivity contribution in [3.05, 3.63) is 40.3 Å². The van der Waals surface area contributed by atoms with E-state index in [2.05, 4.69) is 32.1 Å². The van der Waals surface area contributed by atoms with E-state index in [1.165, 1.54) is 4.90 Å². The standard InChI is InChI=1S/C27H37N7O4/c1-2-12-32-13-15-33(16-14-32)20-8-6-19(7-9-20)25(36)29-27(10-4-3-5-11-27)26(37)34-17-21(30-31-28)24-23(34)22(35)18-38-24/h6-9,21,23-24H,2-5,10-18H2,1H3,(H,29,36)/t21-,23+,24+/m0/s1. The van der Waals surface area contributed by atoms with Crippen molar-refractivity contribution in [3.63, 3.8) is 0 Å². The molecular weight excluding hydrogens is 486 g/mol. The third kappa shape index (κ3) is 5.10. The molecule has 0 spiro atoms. The van der Waals surface area contributed by atoms with Crippen molar-refractivity contribution in [2.45, 2.75) is 69.2 Å². The predicted octanol–water partition coefficient (Wildman–Crippen LogP) is 2.51. The maximum atomic E-state index is 14.0. The highest BCUT2D eigenvalue weighted by atomic mass is 16.5. The number of Topliss-reactive ketones (excluding diaryl/α,β-unsaturated/α-hetero) is 1. The van der Waals surface area contributed by atoms with Gasteiger partial charge in [0, 0.05) is 48.9 Å². The Hall–Kier alpha value is -3.14. The zero-order valence-electron chi connectivity index (χ0n) is 22.1. The minimum absolute atomic E-state index is 0.101. The van der Waals surface area contributed by atoms with Crippen LogP contribution in [0.1, 0.15) is 55.8 Å². The Labute approximate surface area is 223 Å². The Kier molecular flexibility index (Phi) is 7.88. The van der Waals surface area contributed by atoms with Crippen molar-refractivity contribution in [2.24, 2.45) is 5.11 Å². The van der Waals surface area contributed by atoms with Crippen LogP contribution in [0, 0.1) is 0 Å². The summed E-state index contributed by atoms with van der Waals surface area (Å²) in [6, 6.07) is 6.20. The average molecular weight is 524 g/mol. The van der Waals surface area contributed by atoms with Gasteiger partial charge in [0.1, 0.15) is 18.2 Å². The van der Waals surface area contributed by atoms with Gasteiger partial charge in [-0.15, -0.1) is 0 Å². The smallest absolute Gasteiger partial charge is 0.252 e. The van der Waals surface area contributed by atoms with Gasteiger partial charge < -0.3 is 19.9 Å². The average Bonchev–Trinajstić information content (AvgIpc) is 3.50. The number of carbonyl (C=O) groups excluding carboxylic acids is 3. The number of anilines is 1. The number of nitrogens with zero attached hydrogens (tertiary/aromatic N) is 6. The number of nitrogens with one attached hydrogen (secondary N) is 1. The molecule has 0 aromatic heterocycles. The van der Waals surface area contributed by atoms with Crippen LogP contribution in [0.15, 0.2) is 29.4 Å².